The van der Waals surface area contributed by atoms with Crippen molar-refractivity contribution >= 4 is 15.9 Å². The number of hydrogen-bond donors (Lipinski definition) is 1. The van der Waals surface area contributed by atoms with E-state index in [0.29, 0.717) is 24.2 Å². The molecule has 35 heavy (non-hydrogen) atoms. The Kier molecular flexibility index (Phi) is 7.05. The lowest BCUT2D eigenvalue weighted by molar-refractivity contribution is 0.0930. The summed E-state index contributed by atoms with van der Waals surface area (Å²) in [6, 6.07) is 11.1. The van der Waals surface area contributed by atoms with E-state index in [2.05, 4.69) is 10.5 Å². The SMILES string of the molecule is Cc1cc(C(=O)NC(C)c2cc(F)c(CN3[C@@H](C)CC[C@H](c4ccccc4)S3(=O)=O)cc2F)no1. The number of halogens is 2. The predicted molar refractivity (Wildman–Crippen MR) is 126 cm³/mol. The quantitative estimate of drug-likeness (QED) is 0.521. The third-order valence-corrected chi connectivity index (χ3v) is 8.73. The summed E-state index contributed by atoms with van der Waals surface area (Å²) in [5.41, 5.74) is 0.583. The molecule has 0 bridgehead atoms. The van der Waals surface area contributed by atoms with Crippen LogP contribution in [0.25, 0.3) is 0 Å². The lowest BCUT2D eigenvalue weighted by Crippen LogP contribution is -2.44. The van der Waals surface area contributed by atoms with Crippen molar-refractivity contribution in [2.24, 2.45) is 0 Å². The van der Waals surface area contributed by atoms with Crippen molar-refractivity contribution in [3.63, 3.8) is 0 Å². The van der Waals surface area contributed by atoms with Crippen LogP contribution in [0.5, 0.6) is 0 Å². The van der Waals surface area contributed by atoms with Crippen molar-refractivity contribution in [1.29, 1.82) is 0 Å². The summed E-state index contributed by atoms with van der Waals surface area (Å²) in [4.78, 5) is 12.3. The zero-order chi connectivity index (χ0) is 25.3. The molecule has 0 spiro atoms. The van der Waals surface area contributed by atoms with Gasteiger partial charge in [-0.2, -0.15) is 4.31 Å². The summed E-state index contributed by atoms with van der Waals surface area (Å²) < 4.78 is 63.0. The van der Waals surface area contributed by atoms with E-state index in [1.807, 2.05) is 6.07 Å². The molecule has 10 heteroatoms. The minimum atomic E-state index is -3.79. The highest BCUT2D eigenvalue weighted by molar-refractivity contribution is 7.89. The number of aryl methyl sites for hydroxylation is 1. The number of nitrogens with zero attached hydrogens (tertiary/aromatic N) is 2. The van der Waals surface area contributed by atoms with Gasteiger partial charge in [0.25, 0.3) is 5.91 Å². The maximum atomic E-state index is 15.1. The third-order valence-electron chi connectivity index (χ3n) is 6.36. The van der Waals surface area contributed by atoms with Crippen LogP contribution in [-0.2, 0) is 16.6 Å². The van der Waals surface area contributed by atoms with E-state index in [0.717, 1.165) is 12.1 Å². The first kappa shape index (κ1) is 25.0. The van der Waals surface area contributed by atoms with E-state index in [-0.39, 0.29) is 29.4 Å². The van der Waals surface area contributed by atoms with Gasteiger partial charge in [-0.05, 0) is 51.3 Å². The van der Waals surface area contributed by atoms with Crippen LogP contribution in [0.15, 0.2) is 53.1 Å². The molecule has 1 saturated heterocycles. The number of rotatable bonds is 6. The van der Waals surface area contributed by atoms with Crippen molar-refractivity contribution < 1.29 is 26.5 Å². The second-order valence-electron chi connectivity index (χ2n) is 8.90. The number of carbonyl (C=O) groups excluding carboxylic acids is 1. The molecule has 0 saturated carbocycles. The molecule has 1 aromatic heterocycles. The van der Waals surface area contributed by atoms with Gasteiger partial charge in [-0.15, -0.1) is 0 Å². The molecule has 1 amide bonds. The van der Waals surface area contributed by atoms with E-state index >= 15 is 8.78 Å². The number of nitrogens with one attached hydrogen (secondary N) is 1. The first-order chi connectivity index (χ1) is 16.6. The average molecular weight is 504 g/mol. The molecule has 4 rings (SSSR count). The Morgan fingerprint density at radius 2 is 1.89 bits per heavy atom. The zero-order valence-corrected chi connectivity index (χ0v) is 20.5. The van der Waals surface area contributed by atoms with Crippen molar-refractivity contribution in [2.45, 2.75) is 57.5 Å². The molecule has 1 aliphatic rings. The van der Waals surface area contributed by atoms with Gasteiger partial charge in [-0.3, -0.25) is 4.79 Å². The van der Waals surface area contributed by atoms with Crippen LogP contribution in [0.4, 0.5) is 8.78 Å². The van der Waals surface area contributed by atoms with Gasteiger partial charge in [0.1, 0.15) is 22.6 Å². The third kappa shape index (κ3) is 5.13. The van der Waals surface area contributed by atoms with Crippen LogP contribution in [-0.4, -0.2) is 29.8 Å². The molecule has 186 valence electrons. The Bertz CT molecular complexity index is 1330. The molecule has 0 aliphatic carbocycles. The summed E-state index contributed by atoms with van der Waals surface area (Å²) in [5, 5.41) is 5.44. The van der Waals surface area contributed by atoms with Gasteiger partial charge >= 0.3 is 0 Å². The van der Waals surface area contributed by atoms with Gasteiger partial charge in [-0.1, -0.05) is 35.5 Å². The van der Waals surface area contributed by atoms with E-state index in [1.54, 1.807) is 38.1 Å². The van der Waals surface area contributed by atoms with Gasteiger partial charge in [0.05, 0.1) is 6.04 Å². The van der Waals surface area contributed by atoms with Crippen molar-refractivity contribution in [2.75, 3.05) is 0 Å². The van der Waals surface area contributed by atoms with Crippen LogP contribution in [0.3, 0.4) is 0 Å². The minimum absolute atomic E-state index is 0.0316. The number of benzene rings is 2. The van der Waals surface area contributed by atoms with Gasteiger partial charge in [-0.25, -0.2) is 17.2 Å². The molecular formula is C25H27F2N3O4S. The fourth-order valence-corrected chi connectivity index (χ4v) is 6.59. The number of hydrogen-bond acceptors (Lipinski definition) is 5. The lowest BCUT2D eigenvalue weighted by Gasteiger charge is -2.37. The molecule has 1 fully saturated rings. The van der Waals surface area contributed by atoms with E-state index in [9.17, 15) is 13.2 Å². The van der Waals surface area contributed by atoms with Crippen LogP contribution < -0.4 is 5.32 Å². The van der Waals surface area contributed by atoms with E-state index in [4.69, 9.17) is 4.52 Å². The van der Waals surface area contributed by atoms with E-state index in [1.165, 1.54) is 17.3 Å². The van der Waals surface area contributed by atoms with Gasteiger partial charge < -0.3 is 9.84 Å². The van der Waals surface area contributed by atoms with Crippen molar-refractivity contribution in [1.82, 2.24) is 14.8 Å². The van der Waals surface area contributed by atoms with Crippen LogP contribution >= 0.6 is 0 Å². The molecule has 1 N–H and O–H groups in total. The Morgan fingerprint density at radius 1 is 1.17 bits per heavy atom. The molecule has 2 aromatic carbocycles. The normalized spacial score (nSPS) is 20.9. The van der Waals surface area contributed by atoms with Crippen LogP contribution in [0.2, 0.25) is 0 Å². The zero-order valence-electron chi connectivity index (χ0n) is 19.7. The molecule has 0 radical (unpaired) electrons. The summed E-state index contributed by atoms with van der Waals surface area (Å²) in [6.45, 7) is 4.63. The molecule has 7 nitrogen and oxygen atoms in total. The molecule has 2 heterocycles. The smallest absolute Gasteiger partial charge is 0.273 e. The molecule has 1 unspecified atom stereocenters. The second kappa shape index (κ2) is 9.87. The Labute approximate surface area is 203 Å². The van der Waals surface area contributed by atoms with Crippen LogP contribution in [0.1, 0.15) is 70.9 Å². The minimum Gasteiger partial charge on any atom is -0.361 e. The van der Waals surface area contributed by atoms with Gasteiger partial charge in [0.2, 0.25) is 10.0 Å². The standard InChI is InChI=1S/C25H27F2N3O4S/c1-15-9-10-24(18-7-5-4-6-8-18)35(32,33)30(15)14-19-12-22(27)20(13-21(19)26)17(3)28-25(31)23-11-16(2)34-29-23/h4-8,11-13,15,17,24H,9-10,14H2,1-3H3,(H,28,31)/t15-,17?,24+/m0/s1. The highest BCUT2D eigenvalue weighted by atomic mass is 32.2. The Balaban J connectivity index is 1.55. The summed E-state index contributed by atoms with van der Waals surface area (Å²) in [5.74, 6) is -1.63. The highest BCUT2D eigenvalue weighted by Crippen LogP contribution is 2.38. The first-order valence-electron chi connectivity index (χ1n) is 11.4. The maximum absolute atomic E-state index is 15.1. The van der Waals surface area contributed by atoms with E-state index < -0.39 is 38.9 Å². The lowest BCUT2D eigenvalue weighted by atomic mass is 10.0. The highest BCUT2D eigenvalue weighted by Gasteiger charge is 2.40. The maximum Gasteiger partial charge on any atom is 0.273 e. The predicted octanol–water partition coefficient (Wildman–Crippen LogP) is 4.81. The number of amides is 1. The number of aromatic nitrogens is 1. The fraction of sp³-hybridized carbons (Fsp3) is 0.360. The summed E-state index contributed by atoms with van der Waals surface area (Å²) in [7, 11) is -3.79. The summed E-state index contributed by atoms with van der Waals surface area (Å²) in [6.07, 6.45) is 1.06. The van der Waals surface area contributed by atoms with Crippen LogP contribution in [0, 0.1) is 18.6 Å². The fourth-order valence-electron chi connectivity index (χ4n) is 4.40. The molecule has 3 atom stereocenters. The van der Waals surface area contributed by atoms with Crippen molar-refractivity contribution in [3.8, 4) is 0 Å². The second-order valence-corrected chi connectivity index (χ2v) is 11.0. The monoisotopic (exact) mass is 503 g/mol. The molecule has 1 aliphatic heterocycles. The van der Waals surface area contributed by atoms with Gasteiger partial charge in [0, 0.05) is 29.8 Å². The number of sulfonamides is 1. The molecular weight excluding hydrogens is 476 g/mol. The number of carbonyl (C=O) groups is 1. The topological polar surface area (TPSA) is 92.5 Å². The summed E-state index contributed by atoms with van der Waals surface area (Å²) >= 11 is 0. The molecule has 3 aromatic rings. The first-order valence-corrected chi connectivity index (χ1v) is 12.9. The average Bonchev–Trinajstić information content (AvgIpc) is 3.25. The Morgan fingerprint density at radius 3 is 2.54 bits per heavy atom. The van der Waals surface area contributed by atoms with Crippen molar-refractivity contribution in [3.05, 3.63) is 88.3 Å². The largest absolute Gasteiger partial charge is 0.361 e. The van der Waals surface area contributed by atoms with Gasteiger partial charge in [0.15, 0.2) is 5.69 Å². The Hall–Kier alpha value is -3.11.